The number of phenols is 1. The summed E-state index contributed by atoms with van der Waals surface area (Å²) in [6, 6.07) is 16.4. The smallest absolute Gasteiger partial charge is 0.116 e. The van der Waals surface area contributed by atoms with E-state index in [0.29, 0.717) is 5.75 Å². The van der Waals surface area contributed by atoms with Crippen molar-refractivity contribution in [2.75, 3.05) is 10.7 Å². The third-order valence-corrected chi connectivity index (χ3v) is 5.42. The Morgan fingerprint density at radius 2 is 1.38 bits per heavy atom. The SMILES string of the molecule is Cc1cc(C)c(Nc2cccc3c2ccn3Nc2c(C)cc(O)cc2C)c(C)c1. The zero-order chi connectivity index (χ0) is 20.7. The van der Waals surface area contributed by atoms with Crippen molar-refractivity contribution >= 4 is 28.0 Å². The van der Waals surface area contributed by atoms with Gasteiger partial charge in [0, 0.05) is 23.0 Å². The molecule has 0 unspecified atom stereocenters. The molecule has 1 aromatic heterocycles. The number of aromatic nitrogens is 1. The molecule has 0 aliphatic rings. The zero-order valence-electron chi connectivity index (χ0n) is 17.6. The van der Waals surface area contributed by atoms with Crippen LogP contribution in [0.4, 0.5) is 17.1 Å². The predicted octanol–water partition coefficient (Wildman–Crippen LogP) is 6.51. The first-order valence-corrected chi connectivity index (χ1v) is 9.85. The van der Waals surface area contributed by atoms with Crippen molar-refractivity contribution in [2.24, 2.45) is 0 Å². The highest BCUT2D eigenvalue weighted by molar-refractivity contribution is 5.95. The van der Waals surface area contributed by atoms with E-state index in [1.165, 1.54) is 16.7 Å². The number of fused-ring (bicyclic) bond motifs is 1. The minimum Gasteiger partial charge on any atom is -0.508 e. The van der Waals surface area contributed by atoms with Crippen LogP contribution in [0.3, 0.4) is 0 Å². The molecule has 148 valence electrons. The van der Waals surface area contributed by atoms with Crippen LogP contribution in [-0.2, 0) is 0 Å². The Balaban J connectivity index is 1.73. The number of nitrogens with one attached hydrogen (secondary N) is 2. The molecule has 1 heterocycles. The van der Waals surface area contributed by atoms with Gasteiger partial charge in [0.15, 0.2) is 0 Å². The summed E-state index contributed by atoms with van der Waals surface area (Å²) in [5.41, 5.74) is 13.6. The van der Waals surface area contributed by atoms with Gasteiger partial charge < -0.3 is 10.4 Å². The molecule has 4 nitrogen and oxygen atoms in total. The molecule has 0 bridgehead atoms. The quantitative estimate of drug-likeness (QED) is 0.351. The Morgan fingerprint density at radius 1 is 0.759 bits per heavy atom. The van der Waals surface area contributed by atoms with Crippen LogP contribution < -0.4 is 10.7 Å². The molecule has 3 aromatic carbocycles. The Kier molecular flexibility index (Phi) is 4.71. The van der Waals surface area contributed by atoms with Gasteiger partial charge >= 0.3 is 0 Å². The van der Waals surface area contributed by atoms with Gasteiger partial charge in [0.1, 0.15) is 5.75 Å². The van der Waals surface area contributed by atoms with Gasteiger partial charge in [0.05, 0.1) is 11.2 Å². The Bertz CT molecular complexity index is 1170. The number of benzene rings is 3. The number of rotatable bonds is 4. The highest BCUT2D eigenvalue weighted by Gasteiger charge is 2.11. The van der Waals surface area contributed by atoms with Gasteiger partial charge in [-0.2, -0.15) is 0 Å². The van der Waals surface area contributed by atoms with Crippen LogP contribution >= 0.6 is 0 Å². The summed E-state index contributed by atoms with van der Waals surface area (Å²) in [6.45, 7) is 10.4. The summed E-state index contributed by atoms with van der Waals surface area (Å²) >= 11 is 0. The van der Waals surface area contributed by atoms with Gasteiger partial charge in [0.2, 0.25) is 0 Å². The molecule has 29 heavy (non-hydrogen) atoms. The fourth-order valence-corrected chi connectivity index (χ4v) is 4.12. The van der Waals surface area contributed by atoms with Gasteiger partial charge in [0.25, 0.3) is 0 Å². The van der Waals surface area contributed by atoms with Gasteiger partial charge in [-0.1, -0.05) is 23.8 Å². The Hall–Kier alpha value is -3.40. The lowest BCUT2D eigenvalue weighted by molar-refractivity contribution is 0.474. The molecule has 0 spiro atoms. The van der Waals surface area contributed by atoms with Crippen LogP contribution in [0.25, 0.3) is 10.9 Å². The number of anilines is 3. The van der Waals surface area contributed by atoms with E-state index in [1.807, 2.05) is 24.7 Å². The molecule has 4 heteroatoms. The van der Waals surface area contributed by atoms with E-state index >= 15 is 0 Å². The number of hydrogen-bond donors (Lipinski definition) is 3. The number of aromatic hydroxyl groups is 1. The lowest BCUT2D eigenvalue weighted by atomic mass is 10.0. The maximum absolute atomic E-state index is 9.81. The van der Waals surface area contributed by atoms with Crippen LogP contribution in [0.1, 0.15) is 27.8 Å². The minimum absolute atomic E-state index is 0.290. The summed E-state index contributed by atoms with van der Waals surface area (Å²) in [7, 11) is 0. The number of aryl methyl sites for hydroxylation is 5. The summed E-state index contributed by atoms with van der Waals surface area (Å²) < 4.78 is 2.03. The van der Waals surface area contributed by atoms with Crippen molar-refractivity contribution in [1.29, 1.82) is 0 Å². The monoisotopic (exact) mass is 385 g/mol. The lowest BCUT2D eigenvalue weighted by Gasteiger charge is -2.17. The fraction of sp³-hybridized carbons (Fsp3) is 0.200. The topological polar surface area (TPSA) is 49.2 Å². The minimum atomic E-state index is 0.290. The first kappa shape index (κ1) is 18.9. The van der Waals surface area contributed by atoms with Crippen LogP contribution in [0.15, 0.2) is 54.7 Å². The first-order chi connectivity index (χ1) is 13.8. The summed E-state index contributed by atoms with van der Waals surface area (Å²) in [4.78, 5) is 0. The van der Waals surface area contributed by atoms with Gasteiger partial charge in [-0.05, 0) is 87.2 Å². The molecule has 0 amide bonds. The van der Waals surface area contributed by atoms with E-state index in [4.69, 9.17) is 0 Å². The van der Waals surface area contributed by atoms with Crippen molar-refractivity contribution in [3.05, 3.63) is 82.5 Å². The molecular weight excluding hydrogens is 358 g/mol. The highest BCUT2D eigenvalue weighted by Crippen LogP contribution is 2.32. The van der Waals surface area contributed by atoms with E-state index in [1.54, 1.807) is 12.1 Å². The van der Waals surface area contributed by atoms with E-state index < -0.39 is 0 Å². The second kappa shape index (κ2) is 7.21. The average Bonchev–Trinajstić information content (AvgIpc) is 3.05. The summed E-state index contributed by atoms with van der Waals surface area (Å²) in [5.74, 6) is 0.290. The molecule has 0 fully saturated rings. The van der Waals surface area contributed by atoms with Gasteiger partial charge in [-0.25, -0.2) is 0 Å². The zero-order valence-corrected chi connectivity index (χ0v) is 17.6. The van der Waals surface area contributed by atoms with E-state index in [9.17, 15) is 5.11 Å². The fourth-order valence-electron chi connectivity index (χ4n) is 4.12. The van der Waals surface area contributed by atoms with Crippen molar-refractivity contribution in [3.8, 4) is 5.75 Å². The molecule has 0 radical (unpaired) electrons. The van der Waals surface area contributed by atoms with E-state index in [0.717, 1.165) is 39.1 Å². The number of nitrogens with zero attached hydrogens (tertiary/aromatic N) is 1. The van der Waals surface area contributed by atoms with Crippen molar-refractivity contribution in [3.63, 3.8) is 0 Å². The Morgan fingerprint density at radius 3 is 2.03 bits per heavy atom. The molecule has 4 rings (SSSR count). The number of phenolic OH excluding ortho intramolecular Hbond substituents is 1. The van der Waals surface area contributed by atoms with Crippen LogP contribution in [0.2, 0.25) is 0 Å². The maximum atomic E-state index is 9.81. The van der Waals surface area contributed by atoms with E-state index in [2.05, 4.69) is 67.9 Å². The molecule has 0 saturated carbocycles. The molecule has 4 aromatic rings. The van der Waals surface area contributed by atoms with Gasteiger partial charge in [-0.15, -0.1) is 0 Å². The van der Waals surface area contributed by atoms with Crippen molar-refractivity contribution in [2.45, 2.75) is 34.6 Å². The lowest BCUT2D eigenvalue weighted by Crippen LogP contribution is -2.09. The summed E-state index contributed by atoms with van der Waals surface area (Å²) in [5, 5.41) is 14.6. The second-order valence-electron chi connectivity index (χ2n) is 7.89. The molecule has 3 N–H and O–H groups in total. The molecule has 0 aliphatic carbocycles. The van der Waals surface area contributed by atoms with Crippen LogP contribution in [0, 0.1) is 34.6 Å². The second-order valence-corrected chi connectivity index (χ2v) is 7.89. The third kappa shape index (κ3) is 3.54. The van der Waals surface area contributed by atoms with Crippen LogP contribution in [0.5, 0.6) is 5.75 Å². The predicted molar refractivity (Wildman–Crippen MR) is 122 cm³/mol. The van der Waals surface area contributed by atoms with E-state index in [-0.39, 0.29) is 0 Å². The van der Waals surface area contributed by atoms with Crippen LogP contribution in [-0.4, -0.2) is 9.78 Å². The largest absolute Gasteiger partial charge is 0.508 e. The average molecular weight is 386 g/mol. The van der Waals surface area contributed by atoms with Crippen molar-refractivity contribution < 1.29 is 5.11 Å². The van der Waals surface area contributed by atoms with Gasteiger partial charge in [-0.3, -0.25) is 10.1 Å². The highest BCUT2D eigenvalue weighted by atomic mass is 16.3. The first-order valence-electron chi connectivity index (χ1n) is 9.85. The maximum Gasteiger partial charge on any atom is 0.116 e. The normalized spacial score (nSPS) is 11.1. The third-order valence-electron chi connectivity index (χ3n) is 5.42. The standard InChI is InChI=1S/C25H27N3O/c1-15-11-16(2)24(17(3)12-15)26-22-7-6-8-23-21(22)9-10-28(23)27-25-18(4)13-20(29)14-19(25)5/h6-14,26-27,29H,1-5H3. The Labute approximate surface area is 171 Å². The van der Waals surface area contributed by atoms with Crippen molar-refractivity contribution in [1.82, 2.24) is 4.68 Å². The molecule has 0 aliphatic heterocycles. The number of hydrogen-bond acceptors (Lipinski definition) is 3. The molecule has 0 atom stereocenters. The summed E-state index contributed by atoms with van der Waals surface area (Å²) in [6.07, 6.45) is 2.04. The molecule has 0 saturated heterocycles. The molecular formula is C25H27N3O.